The summed E-state index contributed by atoms with van der Waals surface area (Å²) in [5.74, 6) is 0.258. The van der Waals surface area contributed by atoms with Crippen molar-refractivity contribution in [1.82, 2.24) is 4.90 Å². The Hall–Kier alpha value is -0.790. The van der Waals surface area contributed by atoms with Crippen LogP contribution in [0.2, 0.25) is 0 Å². The molecule has 0 saturated heterocycles. The van der Waals surface area contributed by atoms with E-state index in [0.717, 1.165) is 6.42 Å². The van der Waals surface area contributed by atoms with E-state index in [-0.39, 0.29) is 5.91 Å². The number of unbranched alkanes of at least 4 members (excludes halogenated alkanes) is 7. The number of amides is 1. The second-order valence-electron chi connectivity index (χ2n) is 5.21. The van der Waals surface area contributed by atoms with Gasteiger partial charge in [0.15, 0.2) is 0 Å². The molecule has 0 aromatic rings. The predicted octanol–water partition coefficient (Wildman–Crippen LogP) is 4.55. The quantitative estimate of drug-likeness (QED) is 0.391. The van der Waals surface area contributed by atoms with Gasteiger partial charge in [-0.3, -0.25) is 4.79 Å². The number of carbonyl (C=O) groups is 1. The lowest BCUT2D eigenvalue weighted by Gasteiger charge is -2.09. The molecule has 0 aliphatic carbocycles. The van der Waals surface area contributed by atoms with Crippen molar-refractivity contribution in [2.45, 2.75) is 71.1 Å². The molecule has 1 amide bonds. The first-order chi connectivity index (χ1) is 8.68. The van der Waals surface area contributed by atoms with Crippen molar-refractivity contribution in [3.63, 3.8) is 0 Å². The van der Waals surface area contributed by atoms with Crippen LogP contribution in [0.25, 0.3) is 0 Å². The summed E-state index contributed by atoms with van der Waals surface area (Å²) < 4.78 is 0. The predicted molar refractivity (Wildman–Crippen MR) is 79.7 cm³/mol. The third-order valence-electron chi connectivity index (χ3n) is 3.15. The molecule has 0 heterocycles. The van der Waals surface area contributed by atoms with Crippen LogP contribution in [-0.2, 0) is 4.79 Å². The third kappa shape index (κ3) is 11.7. The average Bonchev–Trinajstić information content (AvgIpc) is 2.35. The fraction of sp³-hybridized carbons (Fsp3) is 0.812. The molecule has 106 valence electrons. The first-order valence-electron chi connectivity index (χ1n) is 7.53. The van der Waals surface area contributed by atoms with Gasteiger partial charge in [0.05, 0.1) is 0 Å². The van der Waals surface area contributed by atoms with Crippen LogP contribution in [0.1, 0.15) is 71.1 Å². The monoisotopic (exact) mass is 253 g/mol. The molecule has 0 unspecified atom stereocenters. The van der Waals surface area contributed by atoms with Crippen molar-refractivity contribution in [2.75, 3.05) is 14.1 Å². The smallest absolute Gasteiger partial charge is 0.222 e. The van der Waals surface area contributed by atoms with Gasteiger partial charge in [-0.2, -0.15) is 0 Å². The number of allylic oxidation sites excluding steroid dienone is 2. The molecule has 0 aliphatic heterocycles. The van der Waals surface area contributed by atoms with E-state index in [0.29, 0.717) is 6.42 Å². The lowest BCUT2D eigenvalue weighted by Crippen LogP contribution is -2.20. The largest absolute Gasteiger partial charge is 0.349 e. The van der Waals surface area contributed by atoms with Crippen LogP contribution < -0.4 is 0 Å². The Bertz CT molecular complexity index is 221. The molecular weight excluding hydrogens is 222 g/mol. The van der Waals surface area contributed by atoms with Crippen molar-refractivity contribution in [3.05, 3.63) is 12.2 Å². The van der Waals surface area contributed by atoms with Gasteiger partial charge in [-0.05, 0) is 25.7 Å². The Balaban J connectivity index is 3.16. The van der Waals surface area contributed by atoms with Crippen LogP contribution in [0.3, 0.4) is 0 Å². The summed E-state index contributed by atoms with van der Waals surface area (Å²) in [5.41, 5.74) is 0. The van der Waals surface area contributed by atoms with E-state index in [4.69, 9.17) is 0 Å². The summed E-state index contributed by atoms with van der Waals surface area (Å²) >= 11 is 0. The highest BCUT2D eigenvalue weighted by Crippen LogP contribution is 2.08. The minimum atomic E-state index is 0.258. The fourth-order valence-electron chi connectivity index (χ4n) is 1.85. The summed E-state index contributed by atoms with van der Waals surface area (Å²) in [7, 11) is 3.65. The van der Waals surface area contributed by atoms with E-state index in [1.165, 1.54) is 51.4 Å². The van der Waals surface area contributed by atoms with E-state index < -0.39 is 0 Å². The normalized spacial score (nSPS) is 11.1. The maximum absolute atomic E-state index is 11.3. The zero-order valence-electron chi connectivity index (χ0n) is 12.6. The molecule has 0 rings (SSSR count). The van der Waals surface area contributed by atoms with Gasteiger partial charge in [-0.1, -0.05) is 51.2 Å². The standard InChI is InChI=1S/C16H31NO/c1-4-5-6-7-8-9-10-11-12-13-14-15-16(18)17(2)3/h7-8H,4-6,9-15H2,1-3H3. The lowest BCUT2D eigenvalue weighted by atomic mass is 10.1. The highest BCUT2D eigenvalue weighted by Gasteiger charge is 2.02. The molecule has 0 aromatic carbocycles. The minimum absolute atomic E-state index is 0.258. The number of carbonyl (C=O) groups excluding carboxylic acids is 1. The number of hydrogen-bond donors (Lipinski definition) is 0. The third-order valence-corrected chi connectivity index (χ3v) is 3.15. The Labute approximate surface area is 113 Å². The molecule has 18 heavy (non-hydrogen) atoms. The maximum atomic E-state index is 11.3. The lowest BCUT2D eigenvalue weighted by molar-refractivity contribution is -0.128. The van der Waals surface area contributed by atoms with E-state index >= 15 is 0 Å². The number of rotatable bonds is 11. The van der Waals surface area contributed by atoms with Gasteiger partial charge in [-0.15, -0.1) is 0 Å². The van der Waals surface area contributed by atoms with Gasteiger partial charge >= 0.3 is 0 Å². The summed E-state index contributed by atoms with van der Waals surface area (Å²) in [6.45, 7) is 2.23. The Morgan fingerprint density at radius 1 is 0.889 bits per heavy atom. The highest BCUT2D eigenvalue weighted by atomic mass is 16.2. The molecular formula is C16H31NO. The van der Waals surface area contributed by atoms with Crippen LogP contribution in [0.15, 0.2) is 12.2 Å². The zero-order valence-corrected chi connectivity index (χ0v) is 12.6. The molecule has 0 bridgehead atoms. The molecule has 2 nitrogen and oxygen atoms in total. The van der Waals surface area contributed by atoms with E-state index in [9.17, 15) is 4.79 Å². The van der Waals surface area contributed by atoms with Gasteiger partial charge in [0.25, 0.3) is 0 Å². The Kier molecular flexibility index (Phi) is 12.1. The van der Waals surface area contributed by atoms with Crippen LogP contribution >= 0.6 is 0 Å². The molecule has 2 heteroatoms. The molecule has 0 N–H and O–H groups in total. The molecule has 0 atom stereocenters. The average molecular weight is 253 g/mol. The second kappa shape index (κ2) is 12.7. The summed E-state index contributed by atoms with van der Waals surface area (Å²) in [6, 6.07) is 0. The SMILES string of the molecule is CCCCC=CCCCCCCCC(=O)N(C)C. The molecule has 0 fully saturated rings. The molecule has 0 saturated carbocycles. The molecule has 0 spiro atoms. The van der Waals surface area contributed by atoms with Crippen LogP contribution in [0.5, 0.6) is 0 Å². The topological polar surface area (TPSA) is 20.3 Å². The van der Waals surface area contributed by atoms with E-state index in [2.05, 4.69) is 19.1 Å². The van der Waals surface area contributed by atoms with Crippen LogP contribution in [0.4, 0.5) is 0 Å². The van der Waals surface area contributed by atoms with Crippen LogP contribution in [0, 0.1) is 0 Å². The zero-order chi connectivity index (χ0) is 13.6. The van der Waals surface area contributed by atoms with Gasteiger partial charge in [0, 0.05) is 20.5 Å². The summed E-state index contributed by atoms with van der Waals surface area (Å²) in [4.78, 5) is 13.0. The fourth-order valence-corrected chi connectivity index (χ4v) is 1.85. The minimum Gasteiger partial charge on any atom is -0.349 e. The second-order valence-corrected chi connectivity index (χ2v) is 5.21. The first-order valence-corrected chi connectivity index (χ1v) is 7.53. The van der Waals surface area contributed by atoms with E-state index in [1.54, 1.807) is 4.90 Å². The van der Waals surface area contributed by atoms with Gasteiger partial charge in [0.2, 0.25) is 5.91 Å². The molecule has 0 aromatic heterocycles. The summed E-state index contributed by atoms with van der Waals surface area (Å²) in [6.07, 6.45) is 16.5. The van der Waals surface area contributed by atoms with Crippen molar-refractivity contribution >= 4 is 5.91 Å². The van der Waals surface area contributed by atoms with E-state index in [1.807, 2.05) is 14.1 Å². The Morgan fingerprint density at radius 3 is 2.06 bits per heavy atom. The van der Waals surface area contributed by atoms with Crippen molar-refractivity contribution < 1.29 is 4.79 Å². The van der Waals surface area contributed by atoms with Crippen molar-refractivity contribution in [1.29, 1.82) is 0 Å². The Morgan fingerprint density at radius 2 is 1.44 bits per heavy atom. The van der Waals surface area contributed by atoms with Crippen molar-refractivity contribution in [2.24, 2.45) is 0 Å². The first kappa shape index (κ1) is 17.2. The summed E-state index contributed by atoms with van der Waals surface area (Å²) in [5, 5.41) is 0. The molecule has 0 aliphatic rings. The van der Waals surface area contributed by atoms with Crippen molar-refractivity contribution in [3.8, 4) is 0 Å². The maximum Gasteiger partial charge on any atom is 0.222 e. The molecule has 0 radical (unpaired) electrons. The van der Waals surface area contributed by atoms with Gasteiger partial charge in [-0.25, -0.2) is 0 Å². The van der Waals surface area contributed by atoms with Gasteiger partial charge < -0.3 is 4.90 Å². The number of nitrogens with zero attached hydrogens (tertiary/aromatic N) is 1. The highest BCUT2D eigenvalue weighted by molar-refractivity contribution is 5.75. The van der Waals surface area contributed by atoms with Gasteiger partial charge in [0.1, 0.15) is 0 Å². The van der Waals surface area contributed by atoms with Crippen LogP contribution in [-0.4, -0.2) is 24.9 Å². The number of hydrogen-bond acceptors (Lipinski definition) is 1.